The highest BCUT2D eigenvalue weighted by molar-refractivity contribution is 5.91. The van der Waals surface area contributed by atoms with E-state index in [4.69, 9.17) is 0 Å². The first-order valence-electron chi connectivity index (χ1n) is 5.71. The third-order valence-corrected chi connectivity index (χ3v) is 2.36. The highest BCUT2D eigenvalue weighted by Gasteiger charge is 2.00. The van der Waals surface area contributed by atoms with Crippen LogP contribution in [0.3, 0.4) is 0 Å². The van der Waals surface area contributed by atoms with Crippen molar-refractivity contribution in [3.05, 3.63) is 41.5 Å². The lowest BCUT2D eigenvalue weighted by molar-refractivity contribution is -0.140. The van der Waals surface area contributed by atoms with Crippen molar-refractivity contribution >= 4 is 18.0 Å². The number of hydrogen-bond donors (Lipinski definition) is 1. The molecule has 0 aliphatic rings. The summed E-state index contributed by atoms with van der Waals surface area (Å²) in [4.78, 5) is 22.2. The summed E-state index contributed by atoms with van der Waals surface area (Å²) in [6.07, 6.45) is 3.36. The maximum Gasteiger partial charge on any atom is 0.307 e. The van der Waals surface area contributed by atoms with Gasteiger partial charge < -0.3 is 10.1 Å². The van der Waals surface area contributed by atoms with Crippen molar-refractivity contribution in [3.8, 4) is 0 Å². The van der Waals surface area contributed by atoms with Crippen LogP contribution in [0.5, 0.6) is 0 Å². The summed E-state index contributed by atoms with van der Waals surface area (Å²) in [6, 6.07) is 7.84. The average Bonchev–Trinajstić information content (AvgIpc) is 2.38. The highest BCUT2D eigenvalue weighted by Crippen LogP contribution is 2.04. The quantitative estimate of drug-likeness (QED) is 0.636. The van der Waals surface area contributed by atoms with Gasteiger partial charge in [0.15, 0.2) is 0 Å². The van der Waals surface area contributed by atoms with E-state index in [2.05, 4.69) is 10.1 Å². The van der Waals surface area contributed by atoms with Crippen molar-refractivity contribution in [1.29, 1.82) is 0 Å². The number of ether oxygens (including phenoxy) is 1. The van der Waals surface area contributed by atoms with Crippen molar-refractivity contribution in [1.82, 2.24) is 5.32 Å². The molecule has 4 heteroatoms. The number of nitrogens with one attached hydrogen (secondary N) is 1. The van der Waals surface area contributed by atoms with Crippen molar-refractivity contribution in [2.24, 2.45) is 0 Å². The van der Waals surface area contributed by atoms with Crippen LogP contribution in [0.25, 0.3) is 6.08 Å². The summed E-state index contributed by atoms with van der Waals surface area (Å²) in [5.74, 6) is -0.558. The van der Waals surface area contributed by atoms with Gasteiger partial charge in [-0.15, -0.1) is 0 Å². The summed E-state index contributed by atoms with van der Waals surface area (Å²) in [7, 11) is 1.32. The minimum absolute atomic E-state index is 0.181. The molecule has 0 saturated carbocycles. The lowest BCUT2D eigenvalue weighted by Gasteiger charge is -2.00. The molecule has 1 amide bonds. The highest BCUT2D eigenvalue weighted by atomic mass is 16.5. The van der Waals surface area contributed by atoms with Crippen molar-refractivity contribution in [3.63, 3.8) is 0 Å². The predicted octanol–water partition coefficient (Wildman–Crippen LogP) is 1.69. The maximum atomic E-state index is 11.4. The Bertz CT molecular complexity index is 435. The molecular weight excluding hydrogens is 230 g/mol. The van der Waals surface area contributed by atoms with Crippen LogP contribution in [-0.4, -0.2) is 25.5 Å². The van der Waals surface area contributed by atoms with E-state index in [1.807, 2.05) is 31.2 Å². The summed E-state index contributed by atoms with van der Waals surface area (Å²) in [5, 5.41) is 2.60. The van der Waals surface area contributed by atoms with Gasteiger partial charge in [0, 0.05) is 12.6 Å². The van der Waals surface area contributed by atoms with Crippen LogP contribution in [0, 0.1) is 6.92 Å². The fourth-order valence-electron chi connectivity index (χ4n) is 1.30. The summed E-state index contributed by atoms with van der Waals surface area (Å²) in [5.41, 5.74) is 2.14. The van der Waals surface area contributed by atoms with Crippen LogP contribution < -0.4 is 5.32 Å². The number of methoxy groups -OCH3 is 1. The molecule has 1 aromatic rings. The average molecular weight is 247 g/mol. The smallest absolute Gasteiger partial charge is 0.307 e. The monoisotopic (exact) mass is 247 g/mol. The van der Waals surface area contributed by atoms with Gasteiger partial charge in [0.05, 0.1) is 13.5 Å². The fraction of sp³-hybridized carbons (Fsp3) is 0.286. The first kappa shape index (κ1) is 14.0. The molecule has 4 nitrogen and oxygen atoms in total. The lowest BCUT2D eigenvalue weighted by atomic mass is 10.1. The Balaban J connectivity index is 2.35. The van der Waals surface area contributed by atoms with E-state index in [0.29, 0.717) is 0 Å². The normalized spacial score (nSPS) is 10.3. The van der Waals surface area contributed by atoms with Gasteiger partial charge in [-0.1, -0.05) is 29.8 Å². The number of esters is 1. The summed E-state index contributed by atoms with van der Waals surface area (Å²) >= 11 is 0. The number of rotatable bonds is 5. The molecule has 0 radical (unpaired) electrons. The Morgan fingerprint density at radius 3 is 2.56 bits per heavy atom. The van der Waals surface area contributed by atoms with E-state index in [9.17, 15) is 9.59 Å². The molecule has 0 fully saturated rings. The van der Waals surface area contributed by atoms with Crippen molar-refractivity contribution in [2.75, 3.05) is 13.7 Å². The van der Waals surface area contributed by atoms with Gasteiger partial charge in [-0.2, -0.15) is 0 Å². The minimum atomic E-state index is -0.335. The van der Waals surface area contributed by atoms with Gasteiger partial charge in [0.1, 0.15) is 0 Å². The molecule has 0 aliphatic carbocycles. The van der Waals surface area contributed by atoms with Gasteiger partial charge in [-0.3, -0.25) is 9.59 Å². The molecule has 1 N–H and O–H groups in total. The van der Waals surface area contributed by atoms with Crippen LogP contribution in [0.1, 0.15) is 17.5 Å². The van der Waals surface area contributed by atoms with Gasteiger partial charge in [-0.25, -0.2) is 0 Å². The van der Waals surface area contributed by atoms with E-state index < -0.39 is 0 Å². The SMILES string of the molecule is COC(=O)CCNC(=O)C=Cc1ccc(C)cc1. The number of carbonyl (C=O) groups is 2. The molecule has 0 heterocycles. The second kappa shape index (κ2) is 7.27. The fourth-order valence-corrected chi connectivity index (χ4v) is 1.30. The number of aryl methyl sites for hydroxylation is 1. The molecule has 0 aromatic heterocycles. The Morgan fingerprint density at radius 2 is 1.94 bits per heavy atom. The molecule has 0 aliphatic heterocycles. The molecule has 0 bridgehead atoms. The Kier molecular flexibility index (Phi) is 5.64. The number of benzene rings is 1. The number of carbonyl (C=O) groups excluding carboxylic acids is 2. The summed E-state index contributed by atoms with van der Waals surface area (Å²) in [6.45, 7) is 2.29. The van der Waals surface area contributed by atoms with Crippen LogP contribution in [-0.2, 0) is 14.3 Å². The molecule has 0 unspecified atom stereocenters. The standard InChI is InChI=1S/C14H17NO3/c1-11-3-5-12(6-4-11)7-8-13(16)15-10-9-14(17)18-2/h3-8H,9-10H2,1-2H3,(H,15,16). The molecule has 18 heavy (non-hydrogen) atoms. The molecule has 0 saturated heterocycles. The van der Waals surface area contributed by atoms with E-state index in [-0.39, 0.29) is 24.8 Å². The molecule has 1 rings (SSSR count). The molecule has 0 atom stereocenters. The zero-order valence-electron chi connectivity index (χ0n) is 10.6. The van der Waals surface area contributed by atoms with Crippen LogP contribution in [0.15, 0.2) is 30.3 Å². The first-order valence-corrected chi connectivity index (χ1v) is 5.71. The first-order chi connectivity index (χ1) is 8.61. The Labute approximate surface area is 107 Å². The van der Waals surface area contributed by atoms with E-state index in [0.717, 1.165) is 5.56 Å². The third-order valence-electron chi connectivity index (χ3n) is 2.36. The van der Waals surface area contributed by atoms with Gasteiger partial charge >= 0.3 is 5.97 Å². The van der Waals surface area contributed by atoms with E-state index in [1.54, 1.807) is 6.08 Å². The zero-order chi connectivity index (χ0) is 13.4. The van der Waals surface area contributed by atoms with E-state index >= 15 is 0 Å². The van der Waals surface area contributed by atoms with Crippen LogP contribution >= 0.6 is 0 Å². The topological polar surface area (TPSA) is 55.4 Å². The second-order valence-electron chi connectivity index (χ2n) is 3.86. The van der Waals surface area contributed by atoms with Gasteiger partial charge in [-0.05, 0) is 18.6 Å². The summed E-state index contributed by atoms with van der Waals surface area (Å²) < 4.78 is 4.46. The van der Waals surface area contributed by atoms with Crippen molar-refractivity contribution in [2.45, 2.75) is 13.3 Å². The largest absolute Gasteiger partial charge is 0.469 e. The van der Waals surface area contributed by atoms with Crippen LogP contribution in [0.4, 0.5) is 0 Å². The predicted molar refractivity (Wildman–Crippen MR) is 69.9 cm³/mol. The number of hydrogen-bond acceptors (Lipinski definition) is 3. The molecular formula is C14H17NO3. The minimum Gasteiger partial charge on any atom is -0.469 e. The van der Waals surface area contributed by atoms with Crippen molar-refractivity contribution < 1.29 is 14.3 Å². The molecule has 96 valence electrons. The van der Waals surface area contributed by atoms with Crippen LogP contribution in [0.2, 0.25) is 0 Å². The molecule has 0 spiro atoms. The van der Waals surface area contributed by atoms with Gasteiger partial charge in [0.25, 0.3) is 0 Å². The second-order valence-corrected chi connectivity index (χ2v) is 3.86. The van der Waals surface area contributed by atoms with E-state index in [1.165, 1.54) is 18.7 Å². The number of amides is 1. The zero-order valence-corrected chi connectivity index (χ0v) is 10.6. The molecule has 1 aromatic carbocycles. The maximum absolute atomic E-state index is 11.4. The Morgan fingerprint density at radius 1 is 1.28 bits per heavy atom. The Hall–Kier alpha value is -2.10. The van der Waals surface area contributed by atoms with Gasteiger partial charge in [0.2, 0.25) is 5.91 Å². The third kappa shape index (κ3) is 5.30. The lowest BCUT2D eigenvalue weighted by Crippen LogP contribution is -2.24.